The second-order valence-corrected chi connectivity index (χ2v) is 5.46. The number of benzene rings is 1. The molecule has 4 nitrogen and oxygen atoms in total. The molecule has 2 aromatic rings. The molecule has 0 atom stereocenters. The van der Waals surface area contributed by atoms with E-state index in [-0.39, 0.29) is 0 Å². The van der Waals surface area contributed by atoms with Gasteiger partial charge in [0.1, 0.15) is 11.5 Å². The molecule has 0 aliphatic carbocycles. The Morgan fingerprint density at radius 1 is 1.19 bits per heavy atom. The standard InChI is InChI=1S/C16H19N3OS/c1-11(2)13-5-7-14(8-6-13)18-16(21)19-17-10-15-9-4-12(3)20-15/h4-11H,1-3H3,(H2,18,19,21)/b17-10+. The summed E-state index contributed by atoms with van der Waals surface area (Å²) in [5.74, 6) is 2.05. The van der Waals surface area contributed by atoms with E-state index in [1.165, 1.54) is 5.56 Å². The van der Waals surface area contributed by atoms with Gasteiger partial charge < -0.3 is 9.73 Å². The molecule has 0 saturated heterocycles. The number of nitrogens with one attached hydrogen (secondary N) is 2. The van der Waals surface area contributed by atoms with Gasteiger partial charge in [0.05, 0.1) is 6.21 Å². The minimum Gasteiger partial charge on any atom is -0.460 e. The first kappa shape index (κ1) is 15.3. The SMILES string of the molecule is Cc1ccc(/C=N/NC(=S)Nc2ccc(C(C)C)cc2)o1. The van der Waals surface area contributed by atoms with Gasteiger partial charge in [-0.3, -0.25) is 5.43 Å². The summed E-state index contributed by atoms with van der Waals surface area (Å²) in [5.41, 5.74) is 4.98. The third kappa shape index (κ3) is 4.72. The highest BCUT2D eigenvalue weighted by atomic mass is 32.1. The maximum absolute atomic E-state index is 5.37. The van der Waals surface area contributed by atoms with E-state index in [1.54, 1.807) is 6.21 Å². The van der Waals surface area contributed by atoms with Crippen molar-refractivity contribution in [2.24, 2.45) is 5.10 Å². The van der Waals surface area contributed by atoms with Crippen LogP contribution in [0.5, 0.6) is 0 Å². The van der Waals surface area contributed by atoms with Gasteiger partial charge in [0, 0.05) is 5.69 Å². The number of thiocarbonyl (C=S) groups is 1. The van der Waals surface area contributed by atoms with Crippen LogP contribution in [0.3, 0.4) is 0 Å². The van der Waals surface area contributed by atoms with Crippen molar-refractivity contribution in [3.8, 4) is 0 Å². The molecule has 0 aliphatic heterocycles. The number of aryl methyl sites for hydroxylation is 1. The van der Waals surface area contributed by atoms with Crippen LogP contribution >= 0.6 is 12.2 Å². The van der Waals surface area contributed by atoms with E-state index in [2.05, 4.69) is 41.8 Å². The first-order valence-corrected chi connectivity index (χ1v) is 7.22. The van der Waals surface area contributed by atoms with E-state index in [9.17, 15) is 0 Å². The summed E-state index contributed by atoms with van der Waals surface area (Å²) in [4.78, 5) is 0. The Hall–Kier alpha value is -2.14. The van der Waals surface area contributed by atoms with Crippen molar-refractivity contribution in [1.29, 1.82) is 0 Å². The van der Waals surface area contributed by atoms with Crippen molar-refractivity contribution in [1.82, 2.24) is 5.43 Å². The molecule has 0 spiro atoms. The lowest BCUT2D eigenvalue weighted by Crippen LogP contribution is -2.23. The van der Waals surface area contributed by atoms with E-state index < -0.39 is 0 Å². The Labute approximate surface area is 130 Å². The molecule has 21 heavy (non-hydrogen) atoms. The molecular formula is C16H19N3OS. The number of furan rings is 1. The van der Waals surface area contributed by atoms with Gasteiger partial charge in [-0.2, -0.15) is 5.10 Å². The molecule has 1 aromatic carbocycles. The van der Waals surface area contributed by atoms with Gasteiger partial charge >= 0.3 is 0 Å². The second-order valence-electron chi connectivity index (χ2n) is 5.05. The topological polar surface area (TPSA) is 49.6 Å². The molecule has 0 bridgehead atoms. The summed E-state index contributed by atoms with van der Waals surface area (Å²) in [5, 5.41) is 7.54. The van der Waals surface area contributed by atoms with Crippen LogP contribution < -0.4 is 10.7 Å². The van der Waals surface area contributed by atoms with Gasteiger partial charge in [-0.05, 0) is 54.9 Å². The third-order valence-electron chi connectivity index (χ3n) is 2.95. The highest BCUT2D eigenvalue weighted by Crippen LogP contribution is 2.16. The first-order valence-electron chi connectivity index (χ1n) is 6.81. The van der Waals surface area contributed by atoms with Crippen molar-refractivity contribution < 1.29 is 4.42 Å². The molecule has 2 N–H and O–H groups in total. The molecule has 0 radical (unpaired) electrons. The van der Waals surface area contributed by atoms with Crippen LogP contribution in [0.1, 0.15) is 36.8 Å². The fourth-order valence-electron chi connectivity index (χ4n) is 1.79. The summed E-state index contributed by atoms with van der Waals surface area (Å²) >= 11 is 5.17. The maximum Gasteiger partial charge on any atom is 0.191 e. The number of nitrogens with zero attached hydrogens (tertiary/aromatic N) is 1. The van der Waals surface area contributed by atoms with Crippen LogP contribution in [0.15, 0.2) is 45.9 Å². The van der Waals surface area contributed by atoms with Crippen LogP contribution in [0, 0.1) is 6.92 Å². The molecule has 1 aromatic heterocycles. The number of anilines is 1. The van der Waals surface area contributed by atoms with Gasteiger partial charge in [0.25, 0.3) is 0 Å². The zero-order valence-corrected chi connectivity index (χ0v) is 13.2. The van der Waals surface area contributed by atoms with Crippen LogP contribution in [-0.2, 0) is 0 Å². The monoisotopic (exact) mass is 301 g/mol. The fourth-order valence-corrected chi connectivity index (χ4v) is 1.96. The fraction of sp³-hybridized carbons (Fsp3) is 0.250. The quantitative estimate of drug-likeness (QED) is 0.508. The first-order chi connectivity index (χ1) is 10.0. The van der Waals surface area contributed by atoms with Crippen molar-refractivity contribution in [3.05, 3.63) is 53.5 Å². The lowest BCUT2D eigenvalue weighted by molar-refractivity contribution is 0.527. The molecule has 2 rings (SSSR count). The van der Waals surface area contributed by atoms with Gasteiger partial charge in [-0.1, -0.05) is 26.0 Å². The van der Waals surface area contributed by atoms with Crippen LogP contribution in [0.2, 0.25) is 0 Å². The van der Waals surface area contributed by atoms with Crippen molar-refractivity contribution in [3.63, 3.8) is 0 Å². The number of hydrazone groups is 1. The summed E-state index contributed by atoms with van der Waals surface area (Å²) in [6.07, 6.45) is 1.59. The maximum atomic E-state index is 5.37. The average molecular weight is 301 g/mol. The highest BCUT2D eigenvalue weighted by Gasteiger charge is 2.00. The molecular weight excluding hydrogens is 282 g/mol. The normalized spacial score (nSPS) is 11.0. The van der Waals surface area contributed by atoms with Gasteiger partial charge in [0.15, 0.2) is 5.11 Å². The number of rotatable bonds is 4. The smallest absolute Gasteiger partial charge is 0.191 e. The van der Waals surface area contributed by atoms with Gasteiger partial charge in [-0.15, -0.1) is 0 Å². The number of hydrogen-bond donors (Lipinski definition) is 2. The molecule has 0 fully saturated rings. The third-order valence-corrected chi connectivity index (χ3v) is 3.15. The Morgan fingerprint density at radius 2 is 1.90 bits per heavy atom. The predicted molar refractivity (Wildman–Crippen MR) is 90.9 cm³/mol. The predicted octanol–water partition coefficient (Wildman–Crippen LogP) is 4.03. The minimum absolute atomic E-state index is 0.437. The number of hydrogen-bond acceptors (Lipinski definition) is 3. The van der Waals surface area contributed by atoms with E-state index in [1.807, 2.05) is 31.2 Å². The van der Waals surface area contributed by atoms with Crippen LogP contribution in [0.4, 0.5) is 5.69 Å². The second kappa shape index (κ2) is 7.04. The van der Waals surface area contributed by atoms with Crippen molar-refractivity contribution >= 4 is 29.2 Å². The minimum atomic E-state index is 0.437. The Kier molecular flexibility index (Phi) is 5.11. The van der Waals surface area contributed by atoms with Crippen molar-refractivity contribution in [2.45, 2.75) is 26.7 Å². The highest BCUT2D eigenvalue weighted by molar-refractivity contribution is 7.80. The molecule has 0 amide bonds. The van der Waals surface area contributed by atoms with Gasteiger partial charge in [0.2, 0.25) is 0 Å². The lowest BCUT2D eigenvalue weighted by atomic mass is 10.0. The summed E-state index contributed by atoms with van der Waals surface area (Å²) in [6.45, 7) is 6.22. The Morgan fingerprint density at radius 3 is 2.48 bits per heavy atom. The Balaban J connectivity index is 1.85. The molecule has 0 unspecified atom stereocenters. The average Bonchev–Trinajstić information content (AvgIpc) is 2.85. The van der Waals surface area contributed by atoms with E-state index >= 15 is 0 Å². The van der Waals surface area contributed by atoms with E-state index in [4.69, 9.17) is 16.6 Å². The largest absolute Gasteiger partial charge is 0.460 e. The molecule has 1 heterocycles. The zero-order chi connectivity index (χ0) is 15.2. The Bertz CT molecular complexity index is 629. The molecule has 0 aliphatic rings. The molecule has 110 valence electrons. The zero-order valence-electron chi connectivity index (χ0n) is 12.4. The van der Waals surface area contributed by atoms with Crippen molar-refractivity contribution in [2.75, 3.05) is 5.32 Å². The molecule has 0 saturated carbocycles. The summed E-state index contributed by atoms with van der Waals surface area (Å²) in [6, 6.07) is 11.9. The lowest BCUT2D eigenvalue weighted by Gasteiger charge is -2.09. The summed E-state index contributed by atoms with van der Waals surface area (Å²) in [7, 11) is 0. The van der Waals surface area contributed by atoms with E-state index in [0.717, 1.165) is 11.4 Å². The van der Waals surface area contributed by atoms with Crippen LogP contribution in [-0.4, -0.2) is 11.3 Å². The van der Waals surface area contributed by atoms with E-state index in [0.29, 0.717) is 16.8 Å². The summed E-state index contributed by atoms with van der Waals surface area (Å²) < 4.78 is 5.37. The molecule has 5 heteroatoms. The van der Waals surface area contributed by atoms with Gasteiger partial charge in [-0.25, -0.2) is 0 Å². The van der Waals surface area contributed by atoms with Crippen LogP contribution in [0.25, 0.3) is 0 Å².